The summed E-state index contributed by atoms with van der Waals surface area (Å²) in [7, 11) is 0. The second-order valence-corrected chi connectivity index (χ2v) is 8.03. The molecule has 0 bridgehead atoms. The molecule has 126 valence electrons. The highest BCUT2D eigenvalue weighted by Gasteiger charge is 2.30. The molecule has 0 heteroatoms. The maximum atomic E-state index is 2.49. The lowest BCUT2D eigenvalue weighted by molar-refractivity contribution is 0.171. The second-order valence-electron chi connectivity index (χ2n) is 8.03. The Bertz CT molecular complexity index is 479. The maximum absolute atomic E-state index is 2.49. The van der Waals surface area contributed by atoms with Gasteiger partial charge in [0.1, 0.15) is 0 Å². The molecule has 2 aliphatic rings. The number of hydrogen-bond acceptors (Lipinski definition) is 0. The molecule has 0 aromatic heterocycles. The van der Waals surface area contributed by atoms with Crippen LogP contribution < -0.4 is 0 Å². The van der Waals surface area contributed by atoms with E-state index < -0.39 is 0 Å². The summed E-state index contributed by atoms with van der Waals surface area (Å²) in [6.45, 7) is 4.43. The van der Waals surface area contributed by atoms with Crippen LogP contribution in [0.1, 0.15) is 81.8 Å². The Morgan fingerprint density at radius 2 is 1.39 bits per heavy atom. The first-order valence-corrected chi connectivity index (χ1v) is 9.99. The Kier molecular flexibility index (Phi) is 5.97. The van der Waals surface area contributed by atoms with Crippen molar-refractivity contribution in [3.8, 4) is 0 Å². The lowest BCUT2D eigenvalue weighted by Gasteiger charge is -2.37. The van der Waals surface area contributed by atoms with Gasteiger partial charge < -0.3 is 0 Å². The van der Waals surface area contributed by atoms with Crippen LogP contribution in [0.15, 0.2) is 36.4 Å². The molecule has 1 aromatic rings. The van der Waals surface area contributed by atoms with Crippen LogP contribution >= 0.6 is 0 Å². The van der Waals surface area contributed by atoms with Crippen molar-refractivity contribution < 1.29 is 0 Å². The van der Waals surface area contributed by atoms with Crippen LogP contribution in [-0.4, -0.2) is 0 Å². The first-order chi connectivity index (χ1) is 11.3. The van der Waals surface area contributed by atoms with Crippen molar-refractivity contribution in [2.24, 2.45) is 17.8 Å². The SMILES string of the molecule is CCC=CC1CCC(C2CCC(c3ccc(C)cc3)CC2)CC1. The summed E-state index contributed by atoms with van der Waals surface area (Å²) < 4.78 is 0. The molecule has 1 aromatic carbocycles. The van der Waals surface area contributed by atoms with Crippen molar-refractivity contribution in [1.82, 2.24) is 0 Å². The normalized spacial score (nSPS) is 32.3. The van der Waals surface area contributed by atoms with E-state index >= 15 is 0 Å². The summed E-state index contributed by atoms with van der Waals surface area (Å²) in [5.41, 5.74) is 2.97. The zero-order chi connectivity index (χ0) is 16.1. The highest BCUT2D eigenvalue weighted by atomic mass is 14.4. The minimum Gasteiger partial charge on any atom is -0.0885 e. The van der Waals surface area contributed by atoms with Gasteiger partial charge in [-0.1, -0.05) is 48.9 Å². The van der Waals surface area contributed by atoms with E-state index in [2.05, 4.69) is 50.3 Å². The van der Waals surface area contributed by atoms with E-state index in [4.69, 9.17) is 0 Å². The van der Waals surface area contributed by atoms with E-state index in [1.165, 1.54) is 63.4 Å². The predicted octanol–water partition coefficient (Wildman–Crippen LogP) is 7.04. The molecule has 0 spiro atoms. The first-order valence-electron chi connectivity index (χ1n) is 9.99. The standard InChI is InChI=1S/C23H34/c1-3-4-5-19-8-12-21(13-9-19)23-16-14-22(15-17-23)20-10-6-18(2)7-11-20/h4-7,10-11,19,21-23H,3,8-9,12-17H2,1-2H3. The van der Waals surface area contributed by atoms with Crippen molar-refractivity contribution in [2.75, 3.05) is 0 Å². The summed E-state index contributed by atoms with van der Waals surface area (Å²) in [4.78, 5) is 0. The summed E-state index contributed by atoms with van der Waals surface area (Å²) in [5, 5.41) is 0. The van der Waals surface area contributed by atoms with Crippen LogP contribution in [0.2, 0.25) is 0 Å². The fraction of sp³-hybridized carbons (Fsp3) is 0.652. The molecule has 2 aliphatic carbocycles. The molecule has 0 unspecified atom stereocenters. The van der Waals surface area contributed by atoms with Crippen molar-refractivity contribution in [2.45, 2.75) is 77.6 Å². The fourth-order valence-corrected chi connectivity index (χ4v) is 4.90. The van der Waals surface area contributed by atoms with Crippen LogP contribution in [0, 0.1) is 24.7 Å². The van der Waals surface area contributed by atoms with Gasteiger partial charge in [0.2, 0.25) is 0 Å². The average molecular weight is 311 g/mol. The number of rotatable bonds is 4. The third-order valence-corrected chi connectivity index (χ3v) is 6.45. The second kappa shape index (κ2) is 8.18. The summed E-state index contributed by atoms with van der Waals surface area (Å²) in [5.74, 6) is 3.76. The van der Waals surface area contributed by atoms with Gasteiger partial charge in [-0.15, -0.1) is 0 Å². The van der Waals surface area contributed by atoms with Gasteiger partial charge in [0.15, 0.2) is 0 Å². The largest absolute Gasteiger partial charge is 0.0885 e. The van der Waals surface area contributed by atoms with Crippen molar-refractivity contribution in [3.63, 3.8) is 0 Å². The van der Waals surface area contributed by atoms with E-state index in [1.54, 1.807) is 5.56 Å². The van der Waals surface area contributed by atoms with Crippen LogP contribution in [0.4, 0.5) is 0 Å². The van der Waals surface area contributed by atoms with Crippen molar-refractivity contribution in [1.29, 1.82) is 0 Å². The van der Waals surface area contributed by atoms with Crippen molar-refractivity contribution >= 4 is 0 Å². The smallest absolute Gasteiger partial charge is 0.0162 e. The average Bonchev–Trinajstić information content (AvgIpc) is 2.61. The van der Waals surface area contributed by atoms with E-state index in [1.807, 2.05) is 0 Å². The number of hydrogen-bond donors (Lipinski definition) is 0. The van der Waals surface area contributed by atoms with Gasteiger partial charge in [0.25, 0.3) is 0 Å². The first kappa shape index (κ1) is 16.8. The highest BCUT2D eigenvalue weighted by molar-refractivity contribution is 5.24. The minimum atomic E-state index is 0.829. The molecule has 0 nitrogen and oxygen atoms in total. The van der Waals surface area contributed by atoms with Crippen LogP contribution in [0.3, 0.4) is 0 Å². The molecule has 0 amide bonds. The Hall–Kier alpha value is -1.04. The van der Waals surface area contributed by atoms with Crippen molar-refractivity contribution in [3.05, 3.63) is 47.5 Å². The molecule has 0 heterocycles. The molecular weight excluding hydrogens is 276 g/mol. The van der Waals surface area contributed by atoms with Gasteiger partial charge in [0.05, 0.1) is 0 Å². The molecule has 0 atom stereocenters. The third-order valence-electron chi connectivity index (χ3n) is 6.45. The van der Waals surface area contributed by atoms with Crippen LogP contribution in [-0.2, 0) is 0 Å². The monoisotopic (exact) mass is 310 g/mol. The van der Waals surface area contributed by atoms with Gasteiger partial charge >= 0.3 is 0 Å². The number of benzene rings is 1. The lowest BCUT2D eigenvalue weighted by atomic mass is 9.68. The van der Waals surface area contributed by atoms with Crippen LogP contribution in [0.5, 0.6) is 0 Å². The number of allylic oxidation sites excluding steroid dienone is 2. The topological polar surface area (TPSA) is 0 Å². The van der Waals surface area contributed by atoms with E-state index in [9.17, 15) is 0 Å². The Balaban J connectivity index is 1.46. The molecule has 2 saturated carbocycles. The summed E-state index contributed by atoms with van der Waals surface area (Å²) >= 11 is 0. The fourth-order valence-electron chi connectivity index (χ4n) is 4.90. The van der Waals surface area contributed by atoms with E-state index in [0.29, 0.717) is 0 Å². The Labute approximate surface area is 143 Å². The number of aryl methyl sites for hydroxylation is 1. The minimum absolute atomic E-state index is 0.829. The molecular formula is C23H34. The molecule has 0 saturated heterocycles. The highest BCUT2D eigenvalue weighted by Crippen LogP contribution is 2.44. The molecule has 2 fully saturated rings. The zero-order valence-electron chi connectivity index (χ0n) is 15.1. The Morgan fingerprint density at radius 3 is 1.96 bits per heavy atom. The molecule has 0 radical (unpaired) electrons. The van der Waals surface area contributed by atoms with Gasteiger partial charge in [0, 0.05) is 0 Å². The predicted molar refractivity (Wildman–Crippen MR) is 101 cm³/mol. The summed E-state index contributed by atoms with van der Waals surface area (Å²) in [6, 6.07) is 9.30. The van der Waals surface area contributed by atoms with Gasteiger partial charge in [-0.3, -0.25) is 0 Å². The molecule has 0 N–H and O–H groups in total. The quantitative estimate of drug-likeness (QED) is 0.523. The molecule has 3 rings (SSSR count). The zero-order valence-corrected chi connectivity index (χ0v) is 15.1. The third kappa shape index (κ3) is 4.49. The maximum Gasteiger partial charge on any atom is -0.0162 e. The van der Waals surface area contributed by atoms with E-state index in [-0.39, 0.29) is 0 Å². The van der Waals surface area contributed by atoms with Gasteiger partial charge in [-0.05, 0) is 93.9 Å². The summed E-state index contributed by atoms with van der Waals surface area (Å²) in [6.07, 6.45) is 17.7. The van der Waals surface area contributed by atoms with Crippen LogP contribution in [0.25, 0.3) is 0 Å². The van der Waals surface area contributed by atoms with Gasteiger partial charge in [-0.25, -0.2) is 0 Å². The van der Waals surface area contributed by atoms with E-state index in [0.717, 1.165) is 23.7 Å². The lowest BCUT2D eigenvalue weighted by Crippen LogP contribution is -2.25. The van der Waals surface area contributed by atoms with Gasteiger partial charge in [-0.2, -0.15) is 0 Å². The molecule has 23 heavy (non-hydrogen) atoms. The Morgan fingerprint density at radius 1 is 0.826 bits per heavy atom. The molecule has 0 aliphatic heterocycles.